The van der Waals surface area contributed by atoms with Gasteiger partial charge in [-0.15, -0.1) is 0 Å². The fourth-order valence-corrected chi connectivity index (χ4v) is 4.16. The molecule has 2 aliphatic heterocycles. The second kappa shape index (κ2) is 5.87. The summed E-state index contributed by atoms with van der Waals surface area (Å²) >= 11 is 3.54. The Morgan fingerprint density at radius 3 is 2.80 bits per heavy atom. The number of carboxylic acid groups (broad SMARTS) is 1. The molecule has 4 rings (SSSR count). The molecule has 0 fully saturated rings. The normalized spacial score (nSPS) is 15.9. The molecule has 7 nitrogen and oxygen atoms in total. The lowest BCUT2D eigenvalue weighted by atomic mass is 10.1. The Hall–Kier alpha value is -2.35. The molecule has 2 aromatic rings. The van der Waals surface area contributed by atoms with Gasteiger partial charge in [0.15, 0.2) is 5.82 Å². The molecule has 25 heavy (non-hydrogen) atoms. The zero-order valence-corrected chi connectivity index (χ0v) is 15.3. The van der Waals surface area contributed by atoms with Gasteiger partial charge in [0.1, 0.15) is 0 Å². The smallest absolute Gasteiger partial charge is 0.407 e. The van der Waals surface area contributed by atoms with Crippen LogP contribution in [0.2, 0.25) is 0 Å². The SMILES string of the molecule is Cn1c(C(=O)N2CCc3c(Br)cccc32)nc2c1CCN(C(=O)O)C2. The van der Waals surface area contributed by atoms with E-state index in [0.29, 0.717) is 31.0 Å². The van der Waals surface area contributed by atoms with Crippen molar-refractivity contribution >= 4 is 33.6 Å². The van der Waals surface area contributed by atoms with E-state index in [4.69, 9.17) is 5.11 Å². The molecule has 0 atom stereocenters. The standard InChI is InChI=1S/C17H17BrN4O3/c1-20-14-6-7-21(17(24)25)9-12(14)19-15(20)16(23)22-8-5-10-11(18)3-2-4-13(10)22/h2-4H,5-9H2,1H3,(H,24,25). The number of hydrogen-bond acceptors (Lipinski definition) is 3. The number of amides is 2. The molecule has 1 aromatic heterocycles. The van der Waals surface area contributed by atoms with Crippen LogP contribution in [0.15, 0.2) is 22.7 Å². The first-order valence-corrected chi connectivity index (χ1v) is 8.88. The van der Waals surface area contributed by atoms with Crippen LogP contribution < -0.4 is 4.90 Å². The van der Waals surface area contributed by atoms with Crippen molar-refractivity contribution in [2.75, 3.05) is 18.0 Å². The lowest BCUT2D eigenvalue weighted by molar-refractivity contribution is 0.0976. The van der Waals surface area contributed by atoms with Crippen LogP contribution in [0.5, 0.6) is 0 Å². The average Bonchev–Trinajstić information content (AvgIpc) is 3.16. The van der Waals surface area contributed by atoms with Gasteiger partial charge in [-0.3, -0.25) is 4.79 Å². The molecule has 0 spiro atoms. The van der Waals surface area contributed by atoms with Gasteiger partial charge >= 0.3 is 6.09 Å². The maximum absolute atomic E-state index is 13.1. The fourth-order valence-electron chi connectivity index (χ4n) is 3.61. The van der Waals surface area contributed by atoms with Crippen LogP contribution >= 0.6 is 15.9 Å². The van der Waals surface area contributed by atoms with Crippen molar-refractivity contribution in [3.8, 4) is 0 Å². The number of aromatic nitrogens is 2. The van der Waals surface area contributed by atoms with E-state index in [9.17, 15) is 9.59 Å². The quantitative estimate of drug-likeness (QED) is 0.791. The third-order valence-electron chi connectivity index (χ3n) is 4.93. The molecule has 0 aliphatic carbocycles. The summed E-state index contributed by atoms with van der Waals surface area (Å²) in [5.41, 5.74) is 3.65. The lowest BCUT2D eigenvalue weighted by Gasteiger charge is -2.23. The first-order chi connectivity index (χ1) is 12.0. The molecule has 1 aromatic carbocycles. The summed E-state index contributed by atoms with van der Waals surface area (Å²) in [4.78, 5) is 31.8. The van der Waals surface area contributed by atoms with E-state index in [1.807, 2.05) is 29.8 Å². The second-order valence-electron chi connectivity index (χ2n) is 6.29. The fraction of sp³-hybridized carbons (Fsp3) is 0.353. The predicted molar refractivity (Wildman–Crippen MR) is 94.9 cm³/mol. The number of imidazole rings is 1. The van der Waals surface area contributed by atoms with Crippen LogP contribution in [0.1, 0.15) is 27.6 Å². The summed E-state index contributed by atoms with van der Waals surface area (Å²) in [5, 5.41) is 9.17. The Balaban J connectivity index is 1.67. The highest BCUT2D eigenvalue weighted by atomic mass is 79.9. The Bertz CT molecular complexity index is 892. The summed E-state index contributed by atoms with van der Waals surface area (Å²) in [6.45, 7) is 1.28. The van der Waals surface area contributed by atoms with Gasteiger partial charge in [-0.25, -0.2) is 9.78 Å². The molecule has 0 bridgehead atoms. The summed E-state index contributed by atoms with van der Waals surface area (Å²) in [5.74, 6) is 0.223. The molecular formula is C17H17BrN4O3. The zero-order valence-electron chi connectivity index (χ0n) is 13.7. The van der Waals surface area contributed by atoms with Gasteiger partial charge in [-0.05, 0) is 24.1 Å². The van der Waals surface area contributed by atoms with Crippen molar-refractivity contribution < 1.29 is 14.7 Å². The molecule has 3 heterocycles. The third-order valence-corrected chi connectivity index (χ3v) is 5.68. The Morgan fingerprint density at radius 1 is 1.24 bits per heavy atom. The number of carbonyl (C=O) groups excluding carboxylic acids is 1. The molecular weight excluding hydrogens is 388 g/mol. The topological polar surface area (TPSA) is 78.7 Å². The lowest BCUT2D eigenvalue weighted by Crippen LogP contribution is -2.35. The molecule has 0 unspecified atom stereocenters. The summed E-state index contributed by atoms with van der Waals surface area (Å²) in [6, 6.07) is 5.84. The summed E-state index contributed by atoms with van der Waals surface area (Å²) in [6.07, 6.45) is 0.419. The maximum atomic E-state index is 13.1. The highest BCUT2D eigenvalue weighted by Gasteiger charge is 2.32. The minimum absolute atomic E-state index is 0.143. The number of anilines is 1. The first-order valence-electron chi connectivity index (χ1n) is 8.09. The van der Waals surface area contributed by atoms with Gasteiger partial charge in [0.25, 0.3) is 5.91 Å². The minimum atomic E-state index is -0.956. The van der Waals surface area contributed by atoms with Crippen LogP contribution in [0.4, 0.5) is 10.5 Å². The van der Waals surface area contributed by atoms with Crippen LogP contribution in [0.25, 0.3) is 0 Å². The highest BCUT2D eigenvalue weighted by Crippen LogP contribution is 2.34. The van der Waals surface area contributed by atoms with Crippen LogP contribution in [-0.2, 0) is 26.4 Å². The van der Waals surface area contributed by atoms with Crippen molar-refractivity contribution in [1.82, 2.24) is 14.5 Å². The van der Waals surface area contributed by atoms with E-state index in [0.717, 1.165) is 27.8 Å². The summed E-state index contributed by atoms with van der Waals surface area (Å²) < 4.78 is 2.82. The number of benzene rings is 1. The van der Waals surface area contributed by atoms with Crippen molar-refractivity contribution in [2.24, 2.45) is 7.05 Å². The van der Waals surface area contributed by atoms with E-state index in [2.05, 4.69) is 20.9 Å². The molecule has 0 saturated carbocycles. The van der Waals surface area contributed by atoms with Crippen LogP contribution in [0.3, 0.4) is 0 Å². The largest absolute Gasteiger partial charge is 0.465 e. The highest BCUT2D eigenvalue weighted by molar-refractivity contribution is 9.10. The zero-order chi connectivity index (χ0) is 17.7. The number of rotatable bonds is 1. The van der Waals surface area contributed by atoms with Gasteiger partial charge in [-0.1, -0.05) is 22.0 Å². The van der Waals surface area contributed by atoms with Crippen molar-refractivity contribution in [3.05, 3.63) is 45.4 Å². The molecule has 2 aliphatic rings. The van der Waals surface area contributed by atoms with E-state index in [1.165, 1.54) is 4.90 Å². The first kappa shape index (κ1) is 16.1. The third kappa shape index (κ3) is 2.52. The second-order valence-corrected chi connectivity index (χ2v) is 7.14. The van der Waals surface area contributed by atoms with Gasteiger partial charge in [0.2, 0.25) is 0 Å². The number of carbonyl (C=O) groups is 2. The van der Waals surface area contributed by atoms with E-state index in [1.54, 1.807) is 4.90 Å². The number of fused-ring (bicyclic) bond motifs is 2. The van der Waals surface area contributed by atoms with Crippen molar-refractivity contribution in [1.29, 1.82) is 0 Å². The number of halogens is 1. The molecule has 0 radical (unpaired) electrons. The van der Waals surface area contributed by atoms with Gasteiger partial charge in [-0.2, -0.15) is 0 Å². The van der Waals surface area contributed by atoms with E-state index >= 15 is 0 Å². The monoisotopic (exact) mass is 404 g/mol. The van der Waals surface area contributed by atoms with Crippen molar-refractivity contribution in [3.63, 3.8) is 0 Å². The summed E-state index contributed by atoms with van der Waals surface area (Å²) in [7, 11) is 1.83. The van der Waals surface area contributed by atoms with Crippen LogP contribution in [0, 0.1) is 0 Å². The number of nitrogens with zero attached hydrogens (tertiary/aromatic N) is 4. The van der Waals surface area contributed by atoms with E-state index in [-0.39, 0.29) is 12.5 Å². The Morgan fingerprint density at radius 2 is 2.04 bits per heavy atom. The number of hydrogen-bond donors (Lipinski definition) is 1. The minimum Gasteiger partial charge on any atom is -0.465 e. The molecule has 0 saturated heterocycles. The van der Waals surface area contributed by atoms with E-state index < -0.39 is 6.09 Å². The predicted octanol–water partition coefficient (Wildman–Crippen LogP) is 2.42. The molecule has 1 N–H and O–H groups in total. The Kier molecular flexibility index (Phi) is 3.79. The van der Waals surface area contributed by atoms with Crippen LogP contribution in [-0.4, -0.2) is 44.6 Å². The Labute approximate surface area is 153 Å². The molecule has 8 heteroatoms. The van der Waals surface area contributed by atoms with Gasteiger partial charge in [0.05, 0.1) is 12.2 Å². The molecule has 2 amide bonds. The van der Waals surface area contributed by atoms with Gasteiger partial charge in [0, 0.05) is 42.4 Å². The van der Waals surface area contributed by atoms with Crippen molar-refractivity contribution in [2.45, 2.75) is 19.4 Å². The van der Waals surface area contributed by atoms with Gasteiger partial charge < -0.3 is 19.5 Å². The molecule has 130 valence electrons. The maximum Gasteiger partial charge on any atom is 0.407 e. The average molecular weight is 405 g/mol.